The number of azo groups is 1. The average Bonchev–Trinajstić information content (AvgIpc) is 2.54. The van der Waals surface area contributed by atoms with Crippen molar-refractivity contribution in [3.63, 3.8) is 0 Å². The molecule has 0 aromatic heterocycles. The smallest absolute Gasteiger partial charge is 0.319 e. The van der Waals surface area contributed by atoms with Crippen LogP contribution in [-0.2, 0) is 0 Å². The van der Waals surface area contributed by atoms with E-state index in [0.29, 0.717) is 5.56 Å². The lowest BCUT2D eigenvalue weighted by Gasteiger charge is -2.18. The Morgan fingerprint density at radius 1 is 1.17 bits per heavy atom. The fourth-order valence-electron chi connectivity index (χ4n) is 2.46. The summed E-state index contributed by atoms with van der Waals surface area (Å²) in [6.07, 6.45) is 0. The number of hydrogen-bond donors (Lipinski definition) is 2. The van der Waals surface area contributed by atoms with E-state index in [2.05, 4.69) is 20.9 Å². The van der Waals surface area contributed by atoms with Crippen LogP contribution in [0.2, 0.25) is 0 Å². The van der Waals surface area contributed by atoms with Gasteiger partial charge in [0.2, 0.25) is 0 Å². The second-order valence-corrected chi connectivity index (χ2v) is 5.33. The standard InChI is InChI=1S/C17H16N4O2/c1-11-5-4-6-12(9-11)19-17(23)18-10-15-13-7-2-3-8-14(13)16(22)21-20-15/h2-9,15H,10H2,1H3,(H2,18,19,23). The van der Waals surface area contributed by atoms with E-state index in [1.807, 2.05) is 43.3 Å². The summed E-state index contributed by atoms with van der Waals surface area (Å²) < 4.78 is 0. The summed E-state index contributed by atoms with van der Waals surface area (Å²) in [6.45, 7) is 2.23. The molecule has 0 aliphatic carbocycles. The number of carbonyl (C=O) groups excluding carboxylic acids is 2. The molecule has 2 aromatic carbocycles. The van der Waals surface area contributed by atoms with E-state index in [1.54, 1.807) is 12.1 Å². The van der Waals surface area contributed by atoms with Crippen LogP contribution in [0.15, 0.2) is 58.8 Å². The predicted octanol–water partition coefficient (Wildman–Crippen LogP) is 3.46. The van der Waals surface area contributed by atoms with Gasteiger partial charge in [-0.3, -0.25) is 4.79 Å². The van der Waals surface area contributed by atoms with Crippen LogP contribution in [0.4, 0.5) is 10.5 Å². The van der Waals surface area contributed by atoms with Crippen molar-refractivity contribution in [2.75, 3.05) is 11.9 Å². The van der Waals surface area contributed by atoms with Crippen LogP contribution < -0.4 is 10.6 Å². The first-order chi connectivity index (χ1) is 11.1. The molecule has 2 N–H and O–H groups in total. The van der Waals surface area contributed by atoms with E-state index in [1.165, 1.54) is 0 Å². The number of amides is 3. The van der Waals surface area contributed by atoms with Crippen LogP contribution in [0.5, 0.6) is 0 Å². The van der Waals surface area contributed by atoms with Gasteiger partial charge in [-0.1, -0.05) is 30.3 Å². The maximum Gasteiger partial charge on any atom is 0.319 e. The van der Waals surface area contributed by atoms with E-state index >= 15 is 0 Å². The van der Waals surface area contributed by atoms with Crippen molar-refractivity contribution in [3.05, 3.63) is 65.2 Å². The molecule has 1 heterocycles. The van der Waals surface area contributed by atoms with Gasteiger partial charge in [0.1, 0.15) is 6.04 Å². The molecule has 2 aromatic rings. The number of benzene rings is 2. The predicted molar refractivity (Wildman–Crippen MR) is 86.6 cm³/mol. The Labute approximate surface area is 133 Å². The van der Waals surface area contributed by atoms with Gasteiger partial charge in [-0.25, -0.2) is 4.79 Å². The number of hydrogen-bond acceptors (Lipinski definition) is 3. The molecule has 1 aliphatic heterocycles. The molecule has 6 heteroatoms. The third-order valence-electron chi connectivity index (χ3n) is 3.57. The fraction of sp³-hybridized carbons (Fsp3) is 0.176. The molecule has 0 radical (unpaired) electrons. The second-order valence-electron chi connectivity index (χ2n) is 5.33. The number of nitrogens with one attached hydrogen (secondary N) is 2. The first kappa shape index (κ1) is 14.9. The summed E-state index contributed by atoms with van der Waals surface area (Å²) in [5.74, 6) is -0.346. The lowest BCUT2D eigenvalue weighted by molar-refractivity contribution is 0.0985. The molecule has 0 saturated carbocycles. The highest BCUT2D eigenvalue weighted by Crippen LogP contribution is 2.26. The van der Waals surface area contributed by atoms with Crippen molar-refractivity contribution in [1.29, 1.82) is 0 Å². The summed E-state index contributed by atoms with van der Waals surface area (Å²) in [5.41, 5.74) is 3.11. The Morgan fingerprint density at radius 3 is 2.83 bits per heavy atom. The molecule has 6 nitrogen and oxygen atoms in total. The van der Waals surface area contributed by atoms with Crippen LogP contribution in [0.1, 0.15) is 27.5 Å². The lowest BCUT2D eigenvalue weighted by atomic mass is 9.99. The molecule has 1 aliphatic rings. The monoisotopic (exact) mass is 308 g/mol. The Hall–Kier alpha value is -3.02. The summed E-state index contributed by atoms with van der Waals surface area (Å²) in [5, 5.41) is 13.1. The number of urea groups is 1. The third kappa shape index (κ3) is 3.42. The molecular formula is C17H16N4O2. The highest BCUT2D eigenvalue weighted by Gasteiger charge is 2.23. The minimum atomic E-state index is -0.354. The Bertz CT molecular complexity index is 786. The largest absolute Gasteiger partial charge is 0.335 e. The third-order valence-corrected chi connectivity index (χ3v) is 3.57. The van der Waals surface area contributed by atoms with E-state index < -0.39 is 0 Å². The lowest BCUT2D eigenvalue weighted by Crippen LogP contribution is -2.32. The SMILES string of the molecule is Cc1cccc(NC(=O)NCC2N=NC(=O)c3ccccc32)c1. The molecule has 0 spiro atoms. The van der Waals surface area contributed by atoms with Crippen LogP contribution in [-0.4, -0.2) is 18.5 Å². The van der Waals surface area contributed by atoms with Gasteiger partial charge in [-0.15, -0.1) is 5.11 Å². The molecule has 3 amide bonds. The van der Waals surface area contributed by atoms with Gasteiger partial charge in [-0.05, 0) is 36.2 Å². The number of fused-ring (bicyclic) bond motifs is 1. The molecule has 3 rings (SSSR count). The fourth-order valence-corrected chi connectivity index (χ4v) is 2.46. The Kier molecular flexibility index (Phi) is 4.14. The molecule has 116 valence electrons. The highest BCUT2D eigenvalue weighted by atomic mass is 16.2. The van der Waals surface area contributed by atoms with Gasteiger partial charge in [0, 0.05) is 17.8 Å². The van der Waals surface area contributed by atoms with Crippen LogP contribution in [0.3, 0.4) is 0 Å². The highest BCUT2D eigenvalue weighted by molar-refractivity contribution is 5.97. The minimum absolute atomic E-state index is 0.269. The number of carbonyl (C=O) groups is 2. The van der Waals surface area contributed by atoms with Crippen molar-refractivity contribution in [2.24, 2.45) is 10.2 Å². The van der Waals surface area contributed by atoms with Crippen LogP contribution >= 0.6 is 0 Å². The second kappa shape index (κ2) is 6.39. The number of nitrogens with zero attached hydrogens (tertiary/aromatic N) is 2. The van der Waals surface area contributed by atoms with Gasteiger partial charge in [-0.2, -0.15) is 5.11 Å². The number of aryl methyl sites for hydroxylation is 1. The Balaban J connectivity index is 1.63. The molecule has 0 saturated heterocycles. The quantitative estimate of drug-likeness (QED) is 0.910. The number of anilines is 1. The van der Waals surface area contributed by atoms with Gasteiger partial charge in [0.05, 0.1) is 0 Å². The molecule has 0 fully saturated rings. The average molecular weight is 308 g/mol. The Morgan fingerprint density at radius 2 is 2.00 bits per heavy atom. The van der Waals surface area contributed by atoms with Crippen molar-refractivity contribution < 1.29 is 9.59 Å². The van der Waals surface area contributed by atoms with E-state index in [0.717, 1.165) is 16.8 Å². The summed E-state index contributed by atoms with van der Waals surface area (Å²) in [6, 6.07) is 14.0. The molecule has 1 unspecified atom stereocenters. The van der Waals surface area contributed by atoms with Crippen molar-refractivity contribution in [2.45, 2.75) is 13.0 Å². The normalized spacial score (nSPS) is 15.9. The van der Waals surface area contributed by atoms with E-state index in [4.69, 9.17) is 0 Å². The van der Waals surface area contributed by atoms with Gasteiger partial charge >= 0.3 is 6.03 Å². The topological polar surface area (TPSA) is 82.9 Å². The van der Waals surface area contributed by atoms with Crippen molar-refractivity contribution >= 4 is 17.6 Å². The van der Waals surface area contributed by atoms with Crippen molar-refractivity contribution in [3.8, 4) is 0 Å². The zero-order chi connectivity index (χ0) is 16.2. The van der Waals surface area contributed by atoms with Gasteiger partial charge < -0.3 is 10.6 Å². The maximum absolute atomic E-state index is 12.0. The first-order valence-corrected chi connectivity index (χ1v) is 7.29. The molecule has 1 atom stereocenters. The van der Waals surface area contributed by atoms with E-state index in [9.17, 15) is 9.59 Å². The number of rotatable bonds is 3. The van der Waals surface area contributed by atoms with Crippen molar-refractivity contribution in [1.82, 2.24) is 5.32 Å². The van der Waals surface area contributed by atoms with E-state index in [-0.39, 0.29) is 24.5 Å². The molecule has 0 bridgehead atoms. The summed E-state index contributed by atoms with van der Waals surface area (Å²) in [7, 11) is 0. The summed E-state index contributed by atoms with van der Waals surface area (Å²) in [4.78, 5) is 23.7. The van der Waals surface area contributed by atoms with Gasteiger partial charge in [0.15, 0.2) is 0 Å². The van der Waals surface area contributed by atoms with Crippen LogP contribution in [0, 0.1) is 6.92 Å². The maximum atomic E-state index is 12.0. The zero-order valence-corrected chi connectivity index (χ0v) is 12.6. The zero-order valence-electron chi connectivity index (χ0n) is 12.6. The van der Waals surface area contributed by atoms with Gasteiger partial charge in [0.25, 0.3) is 5.91 Å². The molecular weight excluding hydrogens is 292 g/mol. The van der Waals surface area contributed by atoms with Crippen LogP contribution in [0.25, 0.3) is 0 Å². The summed E-state index contributed by atoms with van der Waals surface area (Å²) >= 11 is 0. The minimum Gasteiger partial charge on any atom is -0.335 e. The molecule has 23 heavy (non-hydrogen) atoms. The first-order valence-electron chi connectivity index (χ1n) is 7.29.